The molecule has 0 aromatic heterocycles. The standard InChI is InChI=1S/C15H25NO3/c1-10-6-2-5-9-13(10)16-14(17)11-7-3-4-8-12(11)15(18)19/h10-13H,2-9H2,1H3,(H,16,17)(H,18,19)/t10-,11-,12+,13+/m1/s1. The van der Waals surface area contributed by atoms with E-state index in [-0.39, 0.29) is 17.9 Å². The van der Waals surface area contributed by atoms with Crippen molar-refractivity contribution in [1.29, 1.82) is 0 Å². The molecule has 108 valence electrons. The zero-order valence-electron chi connectivity index (χ0n) is 11.7. The van der Waals surface area contributed by atoms with Gasteiger partial charge < -0.3 is 10.4 Å². The predicted molar refractivity (Wildman–Crippen MR) is 72.6 cm³/mol. The van der Waals surface area contributed by atoms with Gasteiger partial charge in [-0.2, -0.15) is 0 Å². The van der Waals surface area contributed by atoms with E-state index in [9.17, 15) is 14.7 Å². The molecule has 2 aliphatic rings. The van der Waals surface area contributed by atoms with Crippen LogP contribution in [0, 0.1) is 17.8 Å². The molecule has 4 heteroatoms. The normalized spacial score (nSPS) is 35.6. The quantitative estimate of drug-likeness (QED) is 0.826. The van der Waals surface area contributed by atoms with Gasteiger partial charge in [-0.3, -0.25) is 9.59 Å². The molecule has 0 saturated heterocycles. The van der Waals surface area contributed by atoms with Crippen LogP contribution < -0.4 is 5.32 Å². The Morgan fingerprint density at radius 1 is 0.947 bits per heavy atom. The second-order valence-electron chi connectivity index (χ2n) is 6.21. The van der Waals surface area contributed by atoms with Crippen LogP contribution in [0.15, 0.2) is 0 Å². The summed E-state index contributed by atoms with van der Waals surface area (Å²) >= 11 is 0. The van der Waals surface area contributed by atoms with Crippen molar-refractivity contribution in [2.75, 3.05) is 0 Å². The number of carboxylic acids is 1. The van der Waals surface area contributed by atoms with Crippen molar-refractivity contribution >= 4 is 11.9 Å². The lowest BCUT2D eigenvalue weighted by Crippen LogP contribution is -2.47. The van der Waals surface area contributed by atoms with E-state index >= 15 is 0 Å². The smallest absolute Gasteiger partial charge is 0.307 e. The van der Waals surface area contributed by atoms with E-state index in [4.69, 9.17) is 0 Å². The molecule has 0 aromatic carbocycles. The first-order valence-electron chi connectivity index (χ1n) is 7.62. The first kappa shape index (κ1) is 14.4. The highest BCUT2D eigenvalue weighted by atomic mass is 16.4. The van der Waals surface area contributed by atoms with E-state index in [1.807, 2.05) is 0 Å². The lowest BCUT2D eigenvalue weighted by atomic mass is 9.78. The number of hydrogen-bond donors (Lipinski definition) is 2. The van der Waals surface area contributed by atoms with E-state index in [0.717, 1.165) is 32.1 Å². The lowest BCUT2D eigenvalue weighted by Gasteiger charge is -2.33. The van der Waals surface area contributed by atoms with Crippen LogP contribution in [0.5, 0.6) is 0 Å². The average molecular weight is 267 g/mol. The van der Waals surface area contributed by atoms with Crippen molar-refractivity contribution in [1.82, 2.24) is 5.32 Å². The van der Waals surface area contributed by atoms with Crippen molar-refractivity contribution in [3.63, 3.8) is 0 Å². The van der Waals surface area contributed by atoms with Gasteiger partial charge >= 0.3 is 5.97 Å². The number of nitrogens with one attached hydrogen (secondary N) is 1. The summed E-state index contributed by atoms with van der Waals surface area (Å²) in [5.41, 5.74) is 0. The summed E-state index contributed by atoms with van der Waals surface area (Å²) in [7, 11) is 0. The average Bonchev–Trinajstić information content (AvgIpc) is 2.41. The Hall–Kier alpha value is -1.06. The molecule has 1 amide bonds. The first-order chi connectivity index (χ1) is 9.09. The summed E-state index contributed by atoms with van der Waals surface area (Å²) in [5, 5.41) is 12.4. The van der Waals surface area contributed by atoms with Crippen LogP contribution in [0.2, 0.25) is 0 Å². The topological polar surface area (TPSA) is 66.4 Å². The molecule has 2 N–H and O–H groups in total. The van der Waals surface area contributed by atoms with Gasteiger partial charge in [-0.1, -0.05) is 32.6 Å². The molecule has 2 aliphatic carbocycles. The van der Waals surface area contributed by atoms with Crippen LogP contribution in [0.4, 0.5) is 0 Å². The fourth-order valence-electron chi connectivity index (χ4n) is 3.56. The second-order valence-corrected chi connectivity index (χ2v) is 6.21. The predicted octanol–water partition coefficient (Wildman–Crippen LogP) is 2.57. The molecular formula is C15H25NO3. The molecule has 0 aromatic rings. The molecule has 2 rings (SSSR count). The summed E-state index contributed by atoms with van der Waals surface area (Å²) < 4.78 is 0. The van der Waals surface area contributed by atoms with Gasteiger partial charge in [0.2, 0.25) is 5.91 Å². The van der Waals surface area contributed by atoms with Gasteiger partial charge in [0.15, 0.2) is 0 Å². The summed E-state index contributed by atoms with van der Waals surface area (Å²) in [5.74, 6) is -1.11. The van der Waals surface area contributed by atoms with Gasteiger partial charge in [0.1, 0.15) is 0 Å². The maximum Gasteiger partial charge on any atom is 0.307 e. The Bertz CT molecular complexity index is 342. The van der Waals surface area contributed by atoms with Gasteiger partial charge in [0.05, 0.1) is 11.8 Å². The van der Waals surface area contributed by atoms with Crippen molar-refractivity contribution < 1.29 is 14.7 Å². The largest absolute Gasteiger partial charge is 0.481 e. The van der Waals surface area contributed by atoms with Crippen LogP contribution in [0.1, 0.15) is 58.3 Å². The highest BCUT2D eigenvalue weighted by molar-refractivity contribution is 5.85. The number of hydrogen-bond acceptors (Lipinski definition) is 2. The molecule has 0 bridgehead atoms. The number of carbonyl (C=O) groups excluding carboxylic acids is 1. The Morgan fingerprint density at radius 2 is 1.53 bits per heavy atom. The first-order valence-corrected chi connectivity index (χ1v) is 7.62. The molecule has 2 saturated carbocycles. The third kappa shape index (κ3) is 3.48. The van der Waals surface area contributed by atoms with Gasteiger partial charge in [-0.05, 0) is 31.6 Å². The minimum atomic E-state index is -0.809. The van der Waals surface area contributed by atoms with Crippen LogP contribution >= 0.6 is 0 Å². The number of carbonyl (C=O) groups is 2. The molecule has 2 fully saturated rings. The SMILES string of the molecule is C[C@@H]1CCCC[C@@H]1NC(=O)[C@@H]1CCCC[C@@H]1C(=O)O. The van der Waals surface area contributed by atoms with Crippen LogP contribution in [-0.2, 0) is 9.59 Å². The summed E-state index contributed by atoms with van der Waals surface area (Å²) in [6, 6.07) is 0.248. The number of amides is 1. The maximum atomic E-state index is 12.4. The molecule has 0 heterocycles. The van der Waals surface area contributed by atoms with Crippen molar-refractivity contribution in [2.45, 2.75) is 64.3 Å². The lowest BCUT2D eigenvalue weighted by molar-refractivity contribution is -0.149. The van der Waals surface area contributed by atoms with Gasteiger partial charge in [0.25, 0.3) is 0 Å². The van der Waals surface area contributed by atoms with Crippen LogP contribution in [-0.4, -0.2) is 23.0 Å². The van der Waals surface area contributed by atoms with E-state index in [1.165, 1.54) is 12.8 Å². The third-order valence-corrected chi connectivity index (χ3v) is 4.86. The highest BCUT2D eigenvalue weighted by Gasteiger charge is 2.37. The molecule has 4 nitrogen and oxygen atoms in total. The summed E-state index contributed by atoms with van der Waals surface area (Å²) in [6.45, 7) is 2.18. The maximum absolute atomic E-state index is 12.4. The zero-order valence-corrected chi connectivity index (χ0v) is 11.7. The van der Waals surface area contributed by atoms with Crippen molar-refractivity contribution in [3.8, 4) is 0 Å². The minimum absolute atomic E-state index is 0.0224. The number of aliphatic carboxylic acids is 1. The molecule has 0 radical (unpaired) electrons. The van der Waals surface area contributed by atoms with Crippen LogP contribution in [0.3, 0.4) is 0 Å². The molecular weight excluding hydrogens is 242 g/mol. The summed E-state index contributed by atoms with van der Waals surface area (Å²) in [4.78, 5) is 23.6. The molecule has 0 spiro atoms. The Labute approximate surface area is 115 Å². The van der Waals surface area contributed by atoms with E-state index in [0.29, 0.717) is 12.3 Å². The molecule has 4 atom stereocenters. The van der Waals surface area contributed by atoms with Gasteiger partial charge in [-0.25, -0.2) is 0 Å². The van der Waals surface area contributed by atoms with Gasteiger partial charge in [-0.15, -0.1) is 0 Å². The molecule has 19 heavy (non-hydrogen) atoms. The van der Waals surface area contributed by atoms with E-state index in [2.05, 4.69) is 12.2 Å². The minimum Gasteiger partial charge on any atom is -0.481 e. The zero-order chi connectivity index (χ0) is 13.8. The summed E-state index contributed by atoms with van der Waals surface area (Å²) in [6.07, 6.45) is 7.90. The van der Waals surface area contributed by atoms with Crippen molar-refractivity contribution in [2.24, 2.45) is 17.8 Å². The number of carboxylic acid groups (broad SMARTS) is 1. The highest BCUT2D eigenvalue weighted by Crippen LogP contribution is 2.31. The van der Waals surface area contributed by atoms with E-state index in [1.54, 1.807) is 0 Å². The Balaban J connectivity index is 1.95. The molecule has 0 aliphatic heterocycles. The fraction of sp³-hybridized carbons (Fsp3) is 0.867. The Morgan fingerprint density at radius 3 is 2.16 bits per heavy atom. The van der Waals surface area contributed by atoms with Crippen molar-refractivity contribution in [3.05, 3.63) is 0 Å². The second kappa shape index (κ2) is 6.40. The molecule has 0 unspecified atom stereocenters. The number of rotatable bonds is 3. The fourth-order valence-corrected chi connectivity index (χ4v) is 3.56. The van der Waals surface area contributed by atoms with E-state index < -0.39 is 11.9 Å². The Kier molecular flexibility index (Phi) is 4.83. The van der Waals surface area contributed by atoms with Crippen LogP contribution in [0.25, 0.3) is 0 Å². The monoisotopic (exact) mass is 267 g/mol. The van der Waals surface area contributed by atoms with Gasteiger partial charge in [0, 0.05) is 6.04 Å². The third-order valence-electron chi connectivity index (χ3n) is 4.86.